The lowest BCUT2D eigenvalue weighted by atomic mass is 9.85. The maximum Gasteiger partial charge on any atom is 0.0645 e. The zero-order valence-electron chi connectivity index (χ0n) is 8.16. The first-order chi connectivity index (χ1) is 6.31. The van der Waals surface area contributed by atoms with Gasteiger partial charge in [0.1, 0.15) is 0 Å². The predicted octanol–water partition coefficient (Wildman–Crippen LogP) is 1.53. The van der Waals surface area contributed by atoms with E-state index >= 15 is 0 Å². The van der Waals surface area contributed by atoms with Gasteiger partial charge in [-0.3, -0.25) is 0 Å². The van der Waals surface area contributed by atoms with Crippen molar-refractivity contribution in [1.29, 1.82) is 0 Å². The highest BCUT2D eigenvalue weighted by Gasteiger charge is 2.24. The molecular formula is C11H17NO. The highest BCUT2D eigenvalue weighted by atomic mass is 16.3. The van der Waals surface area contributed by atoms with Gasteiger partial charge in [0.15, 0.2) is 0 Å². The van der Waals surface area contributed by atoms with E-state index in [0.29, 0.717) is 5.92 Å². The van der Waals surface area contributed by atoms with Gasteiger partial charge in [-0.25, -0.2) is 0 Å². The van der Waals surface area contributed by atoms with Crippen LogP contribution in [0, 0.1) is 5.92 Å². The molecule has 1 heterocycles. The number of aliphatic hydroxyl groups is 1. The summed E-state index contributed by atoms with van der Waals surface area (Å²) in [6, 6.07) is 0. The van der Waals surface area contributed by atoms with E-state index in [1.54, 1.807) is 0 Å². The monoisotopic (exact) mass is 179 g/mol. The first-order valence-electron chi connectivity index (χ1n) is 5.03. The van der Waals surface area contributed by atoms with Crippen LogP contribution in [0.1, 0.15) is 19.3 Å². The molecule has 72 valence electrons. The minimum absolute atomic E-state index is 0.226. The minimum atomic E-state index is 0.226. The van der Waals surface area contributed by atoms with Gasteiger partial charge in [-0.05, 0) is 30.9 Å². The second-order valence-electron chi connectivity index (χ2n) is 4.04. The Morgan fingerprint density at radius 3 is 3.15 bits per heavy atom. The molecule has 0 amide bonds. The van der Waals surface area contributed by atoms with Crippen molar-refractivity contribution in [3.63, 3.8) is 0 Å². The SMILES string of the molecule is CN1CCCC2CC(CO)=CC=C21. The van der Waals surface area contributed by atoms with E-state index < -0.39 is 0 Å². The molecule has 1 N–H and O–H groups in total. The van der Waals surface area contributed by atoms with Crippen LogP contribution >= 0.6 is 0 Å². The van der Waals surface area contributed by atoms with E-state index in [-0.39, 0.29) is 6.61 Å². The maximum atomic E-state index is 9.04. The standard InChI is InChI=1S/C11H17NO/c1-12-6-2-3-10-7-9(8-13)4-5-11(10)12/h4-5,10,13H,2-3,6-8H2,1H3. The van der Waals surface area contributed by atoms with Crippen LogP contribution in [-0.4, -0.2) is 30.2 Å². The molecule has 1 unspecified atom stereocenters. The van der Waals surface area contributed by atoms with Gasteiger partial charge in [0.2, 0.25) is 0 Å². The number of hydrogen-bond acceptors (Lipinski definition) is 2. The molecule has 0 aromatic carbocycles. The lowest BCUT2D eigenvalue weighted by molar-refractivity contribution is 0.263. The first kappa shape index (κ1) is 8.82. The summed E-state index contributed by atoms with van der Waals surface area (Å²) in [6.07, 6.45) is 7.89. The molecule has 2 aliphatic rings. The molecular weight excluding hydrogens is 162 g/mol. The molecule has 0 spiro atoms. The van der Waals surface area contributed by atoms with Crippen LogP contribution in [0.15, 0.2) is 23.4 Å². The van der Waals surface area contributed by atoms with E-state index in [9.17, 15) is 0 Å². The van der Waals surface area contributed by atoms with E-state index in [2.05, 4.69) is 24.1 Å². The van der Waals surface area contributed by atoms with Crippen LogP contribution in [0.5, 0.6) is 0 Å². The second kappa shape index (κ2) is 3.54. The van der Waals surface area contributed by atoms with Crippen LogP contribution in [0.4, 0.5) is 0 Å². The number of aliphatic hydroxyl groups excluding tert-OH is 1. The number of nitrogens with zero attached hydrogens (tertiary/aromatic N) is 1. The van der Waals surface area contributed by atoms with E-state index in [1.807, 2.05) is 0 Å². The summed E-state index contributed by atoms with van der Waals surface area (Å²) >= 11 is 0. The van der Waals surface area contributed by atoms with Crippen LogP contribution < -0.4 is 0 Å². The van der Waals surface area contributed by atoms with E-state index in [4.69, 9.17) is 5.11 Å². The summed E-state index contributed by atoms with van der Waals surface area (Å²) in [5.74, 6) is 0.672. The molecule has 1 aliphatic carbocycles. The van der Waals surface area contributed by atoms with Gasteiger partial charge in [-0.15, -0.1) is 0 Å². The minimum Gasteiger partial charge on any atom is -0.392 e. The van der Waals surface area contributed by atoms with Crippen LogP contribution in [0.2, 0.25) is 0 Å². The van der Waals surface area contributed by atoms with Crippen LogP contribution in [0.25, 0.3) is 0 Å². The van der Waals surface area contributed by atoms with Gasteiger partial charge in [0, 0.05) is 25.2 Å². The molecule has 0 aromatic rings. The van der Waals surface area contributed by atoms with Gasteiger partial charge in [-0.2, -0.15) is 0 Å². The average Bonchev–Trinajstić information content (AvgIpc) is 2.18. The summed E-state index contributed by atoms with van der Waals surface area (Å²) in [7, 11) is 2.16. The highest BCUT2D eigenvalue weighted by Crippen LogP contribution is 2.33. The topological polar surface area (TPSA) is 23.5 Å². The third kappa shape index (κ3) is 1.63. The fourth-order valence-corrected chi connectivity index (χ4v) is 2.34. The molecule has 1 atom stereocenters. The van der Waals surface area contributed by atoms with E-state index in [0.717, 1.165) is 6.42 Å². The van der Waals surface area contributed by atoms with Crippen molar-refractivity contribution >= 4 is 0 Å². The van der Waals surface area contributed by atoms with Crippen molar-refractivity contribution in [1.82, 2.24) is 4.90 Å². The Balaban J connectivity index is 2.18. The Kier molecular flexibility index (Phi) is 2.40. The molecule has 1 saturated heterocycles. The average molecular weight is 179 g/mol. The van der Waals surface area contributed by atoms with Crippen LogP contribution in [0.3, 0.4) is 0 Å². The molecule has 0 bridgehead atoms. The van der Waals surface area contributed by atoms with Gasteiger partial charge < -0.3 is 10.0 Å². The zero-order valence-corrected chi connectivity index (χ0v) is 8.16. The van der Waals surface area contributed by atoms with Gasteiger partial charge in [-0.1, -0.05) is 6.08 Å². The number of fused-ring (bicyclic) bond motifs is 1. The van der Waals surface area contributed by atoms with Crippen molar-refractivity contribution < 1.29 is 5.11 Å². The molecule has 2 nitrogen and oxygen atoms in total. The fourth-order valence-electron chi connectivity index (χ4n) is 2.34. The maximum absolute atomic E-state index is 9.04. The van der Waals surface area contributed by atoms with Crippen molar-refractivity contribution in [3.8, 4) is 0 Å². The Labute approximate surface area is 79.6 Å². The Morgan fingerprint density at radius 1 is 1.54 bits per heavy atom. The number of hydrogen-bond donors (Lipinski definition) is 1. The Hall–Kier alpha value is -0.760. The van der Waals surface area contributed by atoms with Gasteiger partial charge in [0.05, 0.1) is 6.61 Å². The largest absolute Gasteiger partial charge is 0.392 e. The van der Waals surface area contributed by atoms with Crippen molar-refractivity contribution in [2.75, 3.05) is 20.2 Å². The van der Waals surface area contributed by atoms with Crippen molar-refractivity contribution in [2.45, 2.75) is 19.3 Å². The molecule has 2 heteroatoms. The third-order valence-corrected chi connectivity index (χ3v) is 3.11. The normalized spacial score (nSPS) is 27.8. The predicted molar refractivity (Wildman–Crippen MR) is 53.2 cm³/mol. The van der Waals surface area contributed by atoms with Crippen molar-refractivity contribution in [2.24, 2.45) is 5.92 Å². The number of allylic oxidation sites excluding steroid dienone is 3. The van der Waals surface area contributed by atoms with Crippen molar-refractivity contribution in [3.05, 3.63) is 23.4 Å². The summed E-state index contributed by atoms with van der Waals surface area (Å²) in [5.41, 5.74) is 2.65. The summed E-state index contributed by atoms with van der Waals surface area (Å²) < 4.78 is 0. The summed E-state index contributed by atoms with van der Waals surface area (Å²) in [5, 5.41) is 9.04. The number of rotatable bonds is 1. The third-order valence-electron chi connectivity index (χ3n) is 3.11. The molecule has 1 fully saturated rings. The Bertz CT molecular complexity index is 255. The fraction of sp³-hybridized carbons (Fsp3) is 0.636. The molecule has 1 aliphatic heterocycles. The van der Waals surface area contributed by atoms with Gasteiger partial charge in [0.25, 0.3) is 0 Å². The molecule has 2 rings (SSSR count). The number of likely N-dealkylation sites (tertiary alicyclic amines) is 1. The summed E-state index contributed by atoms with van der Waals surface area (Å²) in [4.78, 5) is 2.35. The lowest BCUT2D eigenvalue weighted by Crippen LogP contribution is -2.31. The highest BCUT2D eigenvalue weighted by molar-refractivity contribution is 5.26. The summed E-state index contributed by atoms with van der Waals surface area (Å²) in [6.45, 7) is 1.41. The first-order valence-corrected chi connectivity index (χ1v) is 5.03. The second-order valence-corrected chi connectivity index (χ2v) is 4.04. The smallest absolute Gasteiger partial charge is 0.0645 e. The number of piperidine rings is 1. The van der Waals surface area contributed by atoms with Crippen LogP contribution in [-0.2, 0) is 0 Å². The molecule has 0 aromatic heterocycles. The molecule has 0 saturated carbocycles. The molecule has 0 radical (unpaired) electrons. The lowest BCUT2D eigenvalue weighted by Gasteiger charge is -2.36. The zero-order chi connectivity index (χ0) is 9.26. The van der Waals surface area contributed by atoms with Gasteiger partial charge >= 0.3 is 0 Å². The quantitative estimate of drug-likeness (QED) is 0.660. The van der Waals surface area contributed by atoms with E-state index in [1.165, 1.54) is 30.7 Å². The Morgan fingerprint density at radius 2 is 2.38 bits per heavy atom. The molecule has 13 heavy (non-hydrogen) atoms.